The zero-order valence-electron chi connectivity index (χ0n) is 7.81. The van der Waals surface area contributed by atoms with Crippen molar-refractivity contribution >= 4 is 59.9 Å². The van der Waals surface area contributed by atoms with Crippen LogP contribution >= 0.6 is 49.9 Å². The van der Waals surface area contributed by atoms with Crippen LogP contribution in [0.3, 0.4) is 0 Å². The molecule has 0 unspecified atom stereocenters. The van der Waals surface area contributed by atoms with Crippen LogP contribution in [0.1, 0.15) is 18.1 Å². The Labute approximate surface area is 110 Å². The molecule has 0 radical (unpaired) electrons. The Morgan fingerprint density at radius 1 is 1.50 bits per heavy atom. The molecule has 1 aromatic heterocycles. The molecule has 2 rings (SSSR count). The van der Waals surface area contributed by atoms with Crippen molar-refractivity contribution in [3.63, 3.8) is 0 Å². The molecule has 0 fully saturated rings. The summed E-state index contributed by atoms with van der Waals surface area (Å²) >= 11 is 7.86. The van der Waals surface area contributed by atoms with Crippen molar-refractivity contribution < 1.29 is 0 Å². The Bertz CT molecular complexity index is 462. The van der Waals surface area contributed by atoms with Crippen LogP contribution in [0.25, 0.3) is 10.1 Å². The number of alkyl halides is 1. The number of halogens is 2. The van der Waals surface area contributed by atoms with E-state index in [4.69, 9.17) is 0 Å². The Morgan fingerprint density at radius 3 is 2.93 bits per heavy atom. The summed E-state index contributed by atoms with van der Waals surface area (Å²) in [5, 5.41) is 4.55. The summed E-state index contributed by atoms with van der Waals surface area (Å²) in [6.45, 7) is 2.22. The maximum atomic E-state index is 3.58. The van der Waals surface area contributed by atoms with Crippen LogP contribution in [-0.4, -0.2) is 0 Å². The van der Waals surface area contributed by atoms with Crippen LogP contribution in [0.5, 0.6) is 0 Å². The largest absolute Gasteiger partial charge is 0.143 e. The summed E-state index contributed by atoms with van der Waals surface area (Å²) < 4.78 is 2.83. The lowest BCUT2D eigenvalue weighted by Gasteiger charge is -2.07. The van der Waals surface area contributed by atoms with Gasteiger partial charge in [0.1, 0.15) is 0 Å². The van der Waals surface area contributed by atoms with Crippen LogP contribution < -0.4 is 0 Å². The van der Waals surface area contributed by atoms with E-state index in [0.717, 1.165) is 11.8 Å². The molecule has 0 aliphatic rings. The van der Waals surface area contributed by atoms with Crippen molar-refractivity contribution in [2.75, 3.05) is 0 Å². The van der Waals surface area contributed by atoms with Gasteiger partial charge in [-0.25, -0.2) is 0 Å². The number of rotatable bonds is 2. The van der Waals surface area contributed by atoms with E-state index in [2.05, 4.69) is 63.0 Å². The van der Waals surface area contributed by atoms with E-state index in [0.29, 0.717) is 0 Å². The lowest BCUT2D eigenvalue weighted by Crippen LogP contribution is -1.91. The normalized spacial score (nSPS) is 11.1. The molecule has 14 heavy (non-hydrogen) atoms. The quantitative estimate of drug-likeness (QED) is 0.510. The monoisotopic (exact) mass is 380 g/mol. The highest BCUT2D eigenvalue weighted by Gasteiger charge is 2.09. The van der Waals surface area contributed by atoms with Gasteiger partial charge in [0.15, 0.2) is 0 Å². The molecule has 0 aliphatic carbocycles. The highest BCUT2D eigenvalue weighted by Crippen LogP contribution is 2.33. The van der Waals surface area contributed by atoms with Gasteiger partial charge in [0.2, 0.25) is 0 Å². The van der Waals surface area contributed by atoms with Gasteiger partial charge in [-0.05, 0) is 57.7 Å². The highest BCUT2D eigenvalue weighted by atomic mass is 127. The minimum absolute atomic E-state index is 0.962. The summed E-state index contributed by atoms with van der Waals surface area (Å²) in [7, 11) is 0. The van der Waals surface area contributed by atoms with Crippen molar-refractivity contribution in [2.45, 2.75) is 18.7 Å². The van der Waals surface area contributed by atoms with Crippen molar-refractivity contribution in [1.82, 2.24) is 0 Å². The van der Waals surface area contributed by atoms with E-state index < -0.39 is 0 Å². The summed E-state index contributed by atoms with van der Waals surface area (Å²) in [5.41, 5.74) is 2.94. The molecule has 1 heterocycles. The van der Waals surface area contributed by atoms with Crippen LogP contribution in [0.15, 0.2) is 17.5 Å². The molecular formula is C11H10BrIS. The van der Waals surface area contributed by atoms with Gasteiger partial charge in [-0.15, -0.1) is 11.3 Å². The Kier molecular flexibility index (Phi) is 3.50. The SMILES string of the molecule is CCc1cc(I)c2ccsc2c1CBr. The van der Waals surface area contributed by atoms with Gasteiger partial charge < -0.3 is 0 Å². The number of hydrogen-bond donors (Lipinski definition) is 0. The summed E-state index contributed by atoms with van der Waals surface area (Å²) in [6.07, 6.45) is 1.12. The maximum Gasteiger partial charge on any atom is 0.0396 e. The zero-order chi connectivity index (χ0) is 10.1. The molecule has 0 saturated heterocycles. The van der Waals surface area contributed by atoms with Gasteiger partial charge in [-0.1, -0.05) is 22.9 Å². The van der Waals surface area contributed by atoms with Gasteiger partial charge >= 0.3 is 0 Å². The molecule has 0 nitrogen and oxygen atoms in total. The van der Waals surface area contributed by atoms with Crippen LogP contribution in [0.4, 0.5) is 0 Å². The predicted molar refractivity (Wildman–Crippen MR) is 76.6 cm³/mol. The number of benzene rings is 1. The van der Waals surface area contributed by atoms with Crippen molar-refractivity contribution in [3.05, 3.63) is 32.2 Å². The molecule has 1 aromatic carbocycles. The first-order chi connectivity index (χ1) is 6.77. The van der Waals surface area contributed by atoms with Crippen LogP contribution in [0, 0.1) is 3.57 Å². The summed E-state index contributed by atoms with van der Waals surface area (Å²) in [6, 6.07) is 4.53. The highest BCUT2D eigenvalue weighted by molar-refractivity contribution is 14.1. The average molecular weight is 381 g/mol. The first-order valence-electron chi connectivity index (χ1n) is 4.51. The minimum Gasteiger partial charge on any atom is -0.143 e. The molecule has 0 aliphatic heterocycles. The molecule has 0 atom stereocenters. The van der Waals surface area contributed by atoms with Crippen molar-refractivity contribution in [3.8, 4) is 0 Å². The van der Waals surface area contributed by atoms with Gasteiger partial charge in [0.05, 0.1) is 0 Å². The molecule has 0 saturated carbocycles. The van der Waals surface area contributed by atoms with Crippen LogP contribution in [-0.2, 0) is 11.8 Å². The lowest BCUT2D eigenvalue weighted by atomic mass is 10.0. The molecule has 3 heteroatoms. The number of aryl methyl sites for hydroxylation is 1. The number of hydrogen-bond acceptors (Lipinski definition) is 1. The second-order valence-electron chi connectivity index (χ2n) is 3.15. The standard InChI is InChI=1S/C11H10BrIS/c1-2-7-5-10(13)8-3-4-14-11(8)9(7)6-12/h3-5H,2,6H2,1H3. The van der Waals surface area contributed by atoms with Crippen molar-refractivity contribution in [1.29, 1.82) is 0 Å². The smallest absolute Gasteiger partial charge is 0.0396 e. The fraction of sp³-hybridized carbons (Fsp3) is 0.273. The predicted octanol–water partition coefficient (Wildman–Crippen LogP) is 4.96. The number of fused-ring (bicyclic) bond motifs is 1. The first-order valence-corrected chi connectivity index (χ1v) is 7.59. The van der Waals surface area contributed by atoms with E-state index in [9.17, 15) is 0 Å². The Morgan fingerprint density at radius 2 is 2.29 bits per heavy atom. The van der Waals surface area contributed by atoms with Crippen molar-refractivity contribution in [2.24, 2.45) is 0 Å². The van der Waals surface area contributed by atoms with Crippen LogP contribution in [0.2, 0.25) is 0 Å². The molecule has 0 amide bonds. The third-order valence-electron chi connectivity index (χ3n) is 2.40. The lowest BCUT2D eigenvalue weighted by molar-refractivity contribution is 1.11. The second kappa shape index (κ2) is 4.49. The molecule has 0 spiro atoms. The van der Waals surface area contributed by atoms with E-state index >= 15 is 0 Å². The Balaban J connectivity index is 2.82. The van der Waals surface area contributed by atoms with Gasteiger partial charge in [-0.3, -0.25) is 0 Å². The molecule has 74 valence electrons. The fourth-order valence-corrected chi connectivity index (χ4v) is 4.48. The molecular weight excluding hydrogens is 371 g/mol. The van der Waals surface area contributed by atoms with Gasteiger partial charge in [0, 0.05) is 19.0 Å². The van der Waals surface area contributed by atoms with E-state index in [1.54, 1.807) is 0 Å². The topological polar surface area (TPSA) is 0 Å². The summed E-state index contributed by atoms with van der Waals surface area (Å²) in [5.74, 6) is 0. The van der Waals surface area contributed by atoms with E-state index in [1.165, 1.54) is 24.8 Å². The van der Waals surface area contributed by atoms with Gasteiger partial charge in [0.25, 0.3) is 0 Å². The van der Waals surface area contributed by atoms with Gasteiger partial charge in [-0.2, -0.15) is 0 Å². The van der Waals surface area contributed by atoms with E-state index in [-0.39, 0.29) is 0 Å². The molecule has 0 N–H and O–H groups in total. The third-order valence-corrected chi connectivity index (χ3v) is 4.83. The minimum atomic E-state index is 0.962. The average Bonchev–Trinajstić information content (AvgIpc) is 2.66. The molecule has 2 aromatic rings. The molecule has 0 bridgehead atoms. The first kappa shape index (κ1) is 10.9. The Hall–Kier alpha value is 0.390. The maximum absolute atomic E-state index is 3.58. The summed E-state index contributed by atoms with van der Waals surface area (Å²) in [4.78, 5) is 0. The second-order valence-corrected chi connectivity index (χ2v) is 5.79. The third kappa shape index (κ3) is 1.74. The fourth-order valence-electron chi connectivity index (χ4n) is 1.66. The van der Waals surface area contributed by atoms with E-state index in [1.807, 2.05) is 11.3 Å². The number of thiophene rings is 1. The zero-order valence-corrected chi connectivity index (χ0v) is 12.4.